The van der Waals surface area contributed by atoms with Crippen molar-refractivity contribution in [3.8, 4) is 5.69 Å². The maximum Gasteiger partial charge on any atom is 0.360 e. The smallest absolute Gasteiger partial charge is 0.360 e. The van der Waals surface area contributed by atoms with Crippen LogP contribution in [0, 0.1) is 13.8 Å². The molecular weight excluding hydrogens is 256 g/mol. The topological polar surface area (TPSA) is 83.0 Å². The molecule has 0 spiro atoms. The van der Waals surface area contributed by atoms with E-state index in [1.54, 1.807) is 4.57 Å². The first kappa shape index (κ1) is 14.0. The molecule has 2 N–H and O–H groups in total. The van der Waals surface area contributed by atoms with E-state index in [-0.39, 0.29) is 11.5 Å². The van der Waals surface area contributed by atoms with Crippen LogP contribution >= 0.6 is 0 Å². The Labute approximate surface area is 117 Å². The molecule has 0 saturated carbocycles. The van der Waals surface area contributed by atoms with E-state index in [9.17, 15) is 4.79 Å². The lowest BCUT2D eigenvalue weighted by Gasteiger charge is -2.11. The molecule has 0 unspecified atom stereocenters. The molecule has 20 heavy (non-hydrogen) atoms. The van der Waals surface area contributed by atoms with Crippen LogP contribution in [0.4, 0.5) is 5.82 Å². The van der Waals surface area contributed by atoms with Gasteiger partial charge in [-0.15, -0.1) is 0 Å². The summed E-state index contributed by atoms with van der Waals surface area (Å²) < 4.78 is 6.46. The fourth-order valence-corrected chi connectivity index (χ4v) is 2.15. The molecule has 6 nitrogen and oxygen atoms in total. The molecule has 0 saturated heterocycles. The molecule has 0 fully saturated rings. The third-order valence-electron chi connectivity index (χ3n) is 3.12. The first-order chi connectivity index (χ1) is 9.49. The second-order valence-electron chi connectivity index (χ2n) is 4.50. The average Bonchev–Trinajstić information content (AvgIpc) is 2.75. The summed E-state index contributed by atoms with van der Waals surface area (Å²) in [5.74, 6) is 0.452. The van der Waals surface area contributed by atoms with Gasteiger partial charge in [0.15, 0.2) is 5.69 Å². The van der Waals surface area contributed by atoms with Crippen molar-refractivity contribution < 1.29 is 9.53 Å². The first-order valence-electron chi connectivity index (χ1n) is 6.39. The summed E-state index contributed by atoms with van der Waals surface area (Å²) in [4.78, 5) is 20.4. The van der Waals surface area contributed by atoms with Gasteiger partial charge in [-0.2, -0.15) is 0 Å². The number of aryl methyl sites for hydroxylation is 3. The molecule has 0 aromatic carbocycles. The quantitative estimate of drug-likeness (QED) is 0.863. The normalized spacial score (nSPS) is 10.6. The Morgan fingerprint density at radius 3 is 2.60 bits per heavy atom. The minimum Gasteiger partial charge on any atom is -0.464 e. The van der Waals surface area contributed by atoms with E-state index < -0.39 is 5.97 Å². The number of anilines is 1. The van der Waals surface area contributed by atoms with Gasteiger partial charge in [0, 0.05) is 12.1 Å². The van der Waals surface area contributed by atoms with Crippen molar-refractivity contribution in [2.75, 3.05) is 12.8 Å². The summed E-state index contributed by atoms with van der Waals surface area (Å²) in [6.07, 6.45) is 0.647. The molecule has 2 aromatic heterocycles. The average molecular weight is 274 g/mol. The SMILES string of the molecule is CCc1nc(C(=O)OC)c(N)n1-c1ccc(C)nc1C. The third kappa shape index (κ3) is 2.24. The number of nitrogen functional groups attached to an aromatic ring is 1. The Morgan fingerprint density at radius 2 is 2.05 bits per heavy atom. The monoisotopic (exact) mass is 274 g/mol. The van der Waals surface area contributed by atoms with E-state index in [0.29, 0.717) is 12.2 Å². The lowest BCUT2D eigenvalue weighted by molar-refractivity contribution is 0.0596. The second-order valence-corrected chi connectivity index (χ2v) is 4.50. The molecule has 0 aliphatic heterocycles. The Balaban J connectivity index is 2.67. The van der Waals surface area contributed by atoms with Crippen LogP contribution in [0.5, 0.6) is 0 Å². The molecule has 6 heteroatoms. The van der Waals surface area contributed by atoms with E-state index in [1.165, 1.54) is 7.11 Å². The number of carbonyl (C=O) groups excluding carboxylic acids is 1. The van der Waals surface area contributed by atoms with Gasteiger partial charge in [-0.05, 0) is 26.0 Å². The maximum absolute atomic E-state index is 11.7. The fraction of sp³-hybridized carbons (Fsp3) is 0.357. The predicted octanol–water partition coefficient (Wildman–Crippen LogP) is 1.82. The van der Waals surface area contributed by atoms with Crippen molar-refractivity contribution in [2.24, 2.45) is 0 Å². The highest BCUT2D eigenvalue weighted by molar-refractivity contribution is 5.92. The molecule has 0 radical (unpaired) electrons. The molecule has 106 valence electrons. The van der Waals surface area contributed by atoms with Gasteiger partial charge in [0.2, 0.25) is 0 Å². The number of hydrogen-bond donors (Lipinski definition) is 1. The van der Waals surface area contributed by atoms with Crippen molar-refractivity contribution in [1.29, 1.82) is 0 Å². The summed E-state index contributed by atoms with van der Waals surface area (Å²) in [5, 5.41) is 0. The van der Waals surface area contributed by atoms with Gasteiger partial charge in [-0.1, -0.05) is 6.92 Å². The van der Waals surface area contributed by atoms with Crippen LogP contribution in [0.15, 0.2) is 12.1 Å². The van der Waals surface area contributed by atoms with Gasteiger partial charge in [-0.25, -0.2) is 9.78 Å². The Kier molecular flexibility index (Phi) is 3.74. The summed E-state index contributed by atoms with van der Waals surface area (Å²) in [5.41, 5.74) is 8.80. The van der Waals surface area contributed by atoms with Crippen LogP contribution in [0.2, 0.25) is 0 Å². The van der Waals surface area contributed by atoms with Gasteiger partial charge in [0.1, 0.15) is 11.6 Å². The zero-order chi connectivity index (χ0) is 14.9. The number of esters is 1. The number of nitrogens with two attached hydrogens (primary N) is 1. The van der Waals surface area contributed by atoms with Gasteiger partial charge in [0.25, 0.3) is 0 Å². The zero-order valence-corrected chi connectivity index (χ0v) is 12.1. The van der Waals surface area contributed by atoms with E-state index in [1.807, 2.05) is 32.9 Å². The summed E-state index contributed by atoms with van der Waals surface area (Å²) in [7, 11) is 1.31. The number of nitrogens with zero attached hydrogens (tertiary/aromatic N) is 3. The van der Waals surface area contributed by atoms with Crippen LogP contribution in [-0.4, -0.2) is 27.6 Å². The number of aromatic nitrogens is 3. The minimum absolute atomic E-state index is 0.143. The predicted molar refractivity (Wildman–Crippen MR) is 76.0 cm³/mol. The van der Waals surface area contributed by atoms with Crippen LogP contribution < -0.4 is 5.73 Å². The molecule has 0 atom stereocenters. The van der Waals surface area contributed by atoms with Crippen molar-refractivity contribution in [2.45, 2.75) is 27.2 Å². The van der Waals surface area contributed by atoms with Crippen LogP contribution in [-0.2, 0) is 11.2 Å². The van der Waals surface area contributed by atoms with E-state index in [4.69, 9.17) is 10.5 Å². The molecule has 0 aliphatic carbocycles. The standard InChI is InChI=1S/C14H18N4O2/c1-5-11-17-12(14(19)20-4)13(15)18(11)10-7-6-8(2)16-9(10)3/h6-7H,5,15H2,1-4H3. The van der Waals surface area contributed by atoms with Crippen LogP contribution in [0.25, 0.3) is 5.69 Å². The summed E-state index contributed by atoms with van der Waals surface area (Å²) in [6, 6.07) is 3.83. The molecule has 2 rings (SSSR count). The first-order valence-corrected chi connectivity index (χ1v) is 6.39. The number of ether oxygens (including phenoxy) is 1. The van der Waals surface area contributed by atoms with E-state index >= 15 is 0 Å². The molecular formula is C14H18N4O2. The number of imidazole rings is 1. The number of carbonyl (C=O) groups is 1. The number of methoxy groups -OCH3 is 1. The molecule has 0 aliphatic rings. The van der Waals surface area contributed by atoms with Crippen molar-refractivity contribution in [3.63, 3.8) is 0 Å². The van der Waals surface area contributed by atoms with Crippen molar-refractivity contribution in [3.05, 3.63) is 35.0 Å². The lowest BCUT2D eigenvalue weighted by atomic mass is 10.2. The van der Waals surface area contributed by atoms with Gasteiger partial charge >= 0.3 is 5.97 Å². The highest BCUT2D eigenvalue weighted by Gasteiger charge is 2.22. The number of hydrogen-bond acceptors (Lipinski definition) is 5. The second kappa shape index (κ2) is 5.32. The third-order valence-corrected chi connectivity index (χ3v) is 3.12. The molecule has 0 bridgehead atoms. The molecule has 2 aromatic rings. The zero-order valence-electron chi connectivity index (χ0n) is 12.1. The summed E-state index contributed by atoms with van der Waals surface area (Å²) >= 11 is 0. The summed E-state index contributed by atoms with van der Waals surface area (Å²) in [6.45, 7) is 5.78. The Bertz CT molecular complexity index is 661. The highest BCUT2D eigenvalue weighted by Crippen LogP contribution is 2.23. The van der Waals surface area contributed by atoms with E-state index in [2.05, 4.69) is 9.97 Å². The van der Waals surface area contributed by atoms with Gasteiger partial charge in [-0.3, -0.25) is 9.55 Å². The largest absolute Gasteiger partial charge is 0.464 e. The Morgan fingerprint density at radius 1 is 1.35 bits per heavy atom. The molecule has 2 heterocycles. The number of pyridine rings is 1. The van der Waals surface area contributed by atoms with Crippen molar-refractivity contribution >= 4 is 11.8 Å². The Hall–Kier alpha value is -2.37. The minimum atomic E-state index is -0.534. The molecule has 0 amide bonds. The number of rotatable bonds is 3. The highest BCUT2D eigenvalue weighted by atomic mass is 16.5. The van der Waals surface area contributed by atoms with Crippen LogP contribution in [0.1, 0.15) is 34.6 Å². The lowest BCUT2D eigenvalue weighted by Crippen LogP contribution is -2.09. The van der Waals surface area contributed by atoms with Gasteiger partial charge < -0.3 is 10.5 Å². The van der Waals surface area contributed by atoms with E-state index in [0.717, 1.165) is 17.1 Å². The maximum atomic E-state index is 11.7. The fourth-order valence-electron chi connectivity index (χ4n) is 2.15. The van der Waals surface area contributed by atoms with Crippen LogP contribution in [0.3, 0.4) is 0 Å². The van der Waals surface area contributed by atoms with Gasteiger partial charge in [0.05, 0.1) is 18.5 Å². The van der Waals surface area contributed by atoms with Crippen molar-refractivity contribution in [1.82, 2.24) is 14.5 Å².